The summed E-state index contributed by atoms with van der Waals surface area (Å²) in [5.74, 6) is 0.544. The van der Waals surface area contributed by atoms with Crippen molar-refractivity contribution in [3.8, 4) is 5.75 Å². The number of urea groups is 1. The van der Waals surface area contributed by atoms with Crippen LogP contribution in [0.2, 0.25) is 0 Å². The Bertz CT molecular complexity index is 595. The third kappa shape index (κ3) is 3.39. The molecule has 1 aromatic rings. The van der Waals surface area contributed by atoms with E-state index in [0.29, 0.717) is 44.1 Å². The summed E-state index contributed by atoms with van der Waals surface area (Å²) in [4.78, 5) is 25.4. The van der Waals surface area contributed by atoms with Gasteiger partial charge in [-0.25, -0.2) is 4.79 Å². The van der Waals surface area contributed by atoms with E-state index in [0.717, 1.165) is 0 Å². The standard InChI is InChI=1S/C16H21N3O4/c1-2-22-13-6-4-3-5-12(13)18-15(21)19-8-7-16(11-19)10-17-14(20)9-23-16/h3-6H,2,7-11H2,1H3,(H,17,20)(H,18,21). The lowest BCUT2D eigenvalue weighted by molar-refractivity contribution is -0.141. The van der Waals surface area contributed by atoms with Gasteiger partial charge < -0.3 is 25.0 Å². The Labute approximate surface area is 134 Å². The molecule has 1 atom stereocenters. The molecule has 7 nitrogen and oxygen atoms in total. The fourth-order valence-electron chi connectivity index (χ4n) is 2.91. The zero-order valence-electron chi connectivity index (χ0n) is 13.1. The smallest absolute Gasteiger partial charge is 0.322 e. The Kier molecular flexibility index (Phi) is 4.38. The lowest BCUT2D eigenvalue weighted by Crippen LogP contribution is -2.54. The number of morpholine rings is 1. The number of anilines is 1. The fourth-order valence-corrected chi connectivity index (χ4v) is 2.91. The van der Waals surface area contributed by atoms with E-state index in [1.165, 1.54) is 0 Å². The minimum atomic E-state index is -0.454. The fraction of sp³-hybridized carbons (Fsp3) is 0.500. The van der Waals surface area contributed by atoms with Crippen LogP contribution in [0.4, 0.5) is 10.5 Å². The van der Waals surface area contributed by atoms with Crippen LogP contribution in [0.3, 0.4) is 0 Å². The minimum absolute atomic E-state index is 0.0582. The van der Waals surface area contributed by atoms with Gasteiger partial charge in [0, 0.05) is 13.1 Å². The Morgan fingerprint density at radius 2 is 2.30 bits per heavy atom. The van der Waals surface area contributed by atoms with Crippen molar-refractivity contribution in [2.24, 2.45) is 0 Å². The number of likely N-dealkylation sites (tertiary alicyclic amines) is 1. The van der Waals surface area contributed by atoms with E-state index in [2.05, 4.69) is 10.6 Å². The van der Waals surface area contributed by atoms with Crippen molar-refractivity contribution in [3.05, 3.63) is 24.3 Å². The molecule has 1 aromatic carbocycles. The number of ether oxygens (including phenoxy) is 2. The maximum Gasteiger partial charge on any atom is 0.322 e. The second-order valence-electron chi connectivity index (χ2n) is 5.78. The highest BCUT2D eigenvalue weighted by Gasteiger charge is 2.43. The number of nitrogens with zero attached hydrogens (tertiary/aromatic N) is 1. The molecule has 0 radical (unpaired) electrons. The van der Waals surface area contributed by atoms with Gasteiger partial charge in [-0.15, -0.1) is 0 Å². The van der Waals surface area contributed by atoms with E-state index in [1.807, 2.05) is 31.2 Å². The zero-order valence-corrected chi connectivity index (χ0v) is 13.1. The number of para-hydroxylation sites is 2. The van der Waals surface area contributed by atoms with E-state index in [1.54, 1.807) is 4.90 Å². The first-order chi connectivity index (χ1) is 11.1. The molecule has 2 heterocycles. The Hall–Kier alpha value is -2.28. The number of hydrogen-bond donors (Lipinski definition) is 2. The quantitative estimate of drug-likeness (QED) is 0.877. The molecule has 23 heavy (non-hydrogen) atoms. The number of hydrogen-bond acceptors (Lipinski definition) is 4. The van der Waals surface area contributed by atoms with Gasteiger partial charge in [-0.2, -0.15) is 0 Å². The molecule has 7 heteroatoms. The van der Waals surface area contributed by atoms with Crippen LogP contribution in [-0.2, 0) is 9.53 Å². The number of rotatable bonds is 3. The average molecular weight is 319 g/mol. The second kappa shape index (κ2) is 6.45. The molecule has 3 amide bonds. The largest absolute Gasteiger partial charge is 0.492 e. The monoisotopic (exact) mass is 319 g/mol. The molecule has 2 fully saturated rings. The summed E-state index contributed by atoms with van der Waals surface area (Å²) in [6.45, 7) is 4.01. The topological polar surface area (TPSA) is 79.9 Å². The van der Waals surface area contributed by atoms with Crippen LogP contribution in [0, 0.1) is 0 Å². The molecule has 2 saturated heterocycles. The van der Waals surface area contributed by atoms with Gasteiger partial charge in [-0.3, -0.25) is 4.79 Å². The Morgan fingerprint density at radius 1 is 1.48 bits per heavy atom. The third-order valence-electron chi connectivity index (χ3n) is 4.15. The molecule has 1 spiro atoms. The van der Waals surface area contributed by atoms with Gasteiger partial charge in [0.05, 0.1) is 18.8 Å². The zero-order chi connectivity index (χ0) is 16.3. The predicted octanol–water partition coefficient (Wildman–Crippen LogP) is 1.21. The number of nitrogens with one attached hydrogen (secondary N) is 2. The lowest BCUT2D eigenvalue weighted by Gasteiger charge is -2.33. The molecule has 0 aromatic heterocycles. The Morgan fingerprint density at radius 3 is 3.04 bits per heavy atom. The minimum Gasteiger partial charge on any atom is -0.492 e. The summed E-state index contributed by atoms with van der Waals surface area (Å²) in [6.07, 6.45) is 0.716. The molecule has 3 rings (SSSR count). The number of amides is 3. The SMILES string of the molecule is CCOc1ccccc1NC(=O)N1CCC2(CNC(=O)CO2)C1. The van der Waals surface area contributed by atoms with Gasteiger partial charge in [0.2, 0.25) is 5.91 Å². The summed E-state index contributed by atoms with van der Waals surface area (Å²) in [7, 11) is 0. The van der Waals surface area contributed by atoms with Gasteiger partial charge in [0.15, 0.2) is 0 Å². The van der Waals surface area contributed by atoms with Crippen molar-refractivity contribution in [2.75, 3.05) is 38.2 Å². The normalized spacial score (nSPS) is 23.7. The van der Waals surface area contributed by atoms with Gasteiger partial charge in [-0.05, 0) is 25.5 Å². The van der Waals surface area contributed by atoms with Crippen LogP contribution in [0.25, 0.3) is 0 Å². The second-order valence-corrected chi connectivity index (χ2v) is 5.78. The first-order valence-electron chi connectivity index (χ1n) is 7.80. The summed E-state index contributed by atoms with van der Waals surface area (Å²) in [5, 5.41) is 5.69. The van der Waals surface area contributed by atoms with Crippen molar-refractivity contribution in [1.29, 1.82) is 0 Å². The number of carbonyl (C=O) groups is 2. The van der Waals surface area contributed by atoms with Crippen molar-refractivity contribution < 1.29 is 19.1 Å². The maximum absolute atomic E-state index is 12.5. The van der Waals surface area contributed by atoms with Crippen LogP contribution in [0.15, 0.2) is 24.3 Å². The van der Waals surface area contributed by atoms with E-state index < -0.39 is 5.60 Å². The van der Waals surface area contributed by atoms with Crippen LogP contribution in [0.1, 0.15) is 13.3 Å². The van der Waals surface area contributed by atoms with Crippen molar-refractivity contribution in [1.82, 2.24) is 10.2 Å². The summed E-state index contributed by atoms with van der Waals surface area (Å²) >= 11 is 0. The number of carbonyl (C=O) groups excluding carboxylic acids is 2. The average Bonchev–Trinajstić information content (AvgIpc) is 2.97. The van der Waals surface area contributed by atoms with E-state index in [4.69, 9.17) is 9.47 Å². The summed E-state index contributed by atoms with van der Waals surface area (Å²) in [6, 6.07) is 7.17. The Balaban J connectivity index is 1.63. The first kappa shape index (κ1) is 15.6. The molecule has 124 valence electrons. The van der Waals surface area contributed by atoms with Crippen molar-refractivity contribution in [2.45, 2.75) is 18.9 Å². The maximum atomic E-state index is 12.5. The highest BCUT2D eigenvalue weighted by Crippen LogP contribution is 2.29. The highest BCUT2D eigenvalue weighted by molar-refractivity contribution is 5.91. The molecule has 2 N–H and O–H groups in total. The molecule has 0 aliphatic carbocycles. The molecule has 2 aliphatic heterocycles. The van der Waals surface area contributed by atoms with Crippen LogP contribution in [0.5, 0.6) is 5.75 Å². The molecule has 0 bridgehead atoms. The van der Waals surface area contributed by atoms with E-state index in [9.17, 15) is 9.59 Å². The van der Waals surface area contributed by atoms with Crippen LogP contribution < -0.4 is 15.4 Å². The van der Waals surface area contributed by atoms with Crippen molar-refractivity contribution in [3.63, 3.8) is 0 Å². The first-order valence-corrected chi connectivity index (χ1v) is 7.80. The highest BCUT2D eigenvalue weighted by atomic mass is 16.5. The summed E-state index contributed by atoms with van der Waals surface area (Å²) in [5.41, 5.74) is 0.197. The molecule has 2 aliphatic rings. The number of benzene rings is 1. The van der Waals surface area contributed by atoms with Gasteiger partial charge in [-0.1, -0.05) is 12.1 Å². The van der Waals surface area contributed by atoms with Gasteiger partial charge >= 0.3 is 6.03 Å². The molecular formula is C16H21N3O4. The van der Waals surface area contributed by atoms with Gasteiger partial charge in [0.25, 0.3) is 0 Å². The summed E-state index contributed by atoms with van der Waals surface area (Å²) < 4.78 is 11.2. The van der Waals surface area contributed by atoms with Crippen molar-refractivity contribution >= 4 is 17.6 Å². The van der Waals surface area contributed by atoms with E-state index in [-0.39, 0.29) is 18.5 Å². The molecular weight excluding hydrogens is 298 g/mol. The third-order valence-corrected chi connectivity index (χ3v) is 4.15. The molecule has 0 saturated carbocycles. The lowest BCUT2D eigenvalue weighted by atomic mass is 10.0. The van der Waals surface area contributed by atoms with Crippen LogP contribution in [-0.4, -0.2) is 55.3 Å². The van der Waals surface area contributed by atoms with Gasteiger partial charge in [0.1, 0.15) is 18.0 Å². The molecule has 1 unspecified atom stereocenters. The van der Waals surface area contributed by atoms with E-state index >= 15 is 0 Å². The van der Waals surface area contributed by atoms with Crippen LogP contribution >= 0.6 is 0 Å². The predicted molar refractivity (Wildman–Crippen MR) is 84.5 cm³/mol.